The van der Waals surface area contributed by atoms with Gasteiger partial charge in [0.1, 0.15) is 0 Å². The topological polar surface area (TPSA) is 61.4 Å². The van der Waals surface area contributed by atoms with Crippen molar-refractivity contribution >= 4 is 23.5 Å². The molecule has 3 heterocycles. The average Bonchev–Trinajstić information content (AvgIpc) is 3.15. The molecule has 2 aliphatic rings. The number of hydrogen-bond donors (Lipinski definition) is 1. The summed E-state index contributed by atoms with van der Waals surface area (Å²) in [6, 6.07) is 0.656. The van der Waals surface area contributed by atoms with Gasteiger partial charge in [0, 0.05) is 32.2 Å². The third-order valence-corrected chi connectivity index (χ3v) is 5.46. The molecule has 2 aliphatic heterocycles. The zero-order chi connectivity index (χ0) is 17.6. The molecule has 1 unspecified atom stereocenters. The second kappa shape index (κ2) is 8.81. The Bertz CT molecular complexity index is 591. The summed E-state index contributed by atoms with van der Waals surface area (Å²) in [7, 11) is 0. The number of halogens is 1. The van der Waals surface area contributed by atoms with Crippen LogP contribution < -0.4 is 10.2 Å². The predicted octanol–water partition coefficient (Wildman–Crippen LogP) is 2.72. The van der Waals surface area contributed by atoms with Crippen LogP contribution in [-0.2, 0) is 0 Å². The molecular weight excluding hydrogens is 338 g/mol. The van der Waals surface area contributed by atoms with Gasteiger partial charge in [0.15, 0.2) is 5.69 Å². The molecule has 3 rings (SSSR count). The molecule has 1 amide bonds. The molecule has 0 spiro atoms. The van der Waals surface area contributed by atoms with E-state index >= 15 is 0 Å². The van der Waals surface area contributed by atoms with Gasteiger partial charge in [-0.1, -0.05) is 18.0 Å². The van der Waals surface area contributed by atoms with Gasteiger partial charge in [-0.25, -0.2) is 9.97 Å². The van der Waals surface area contributed by atoms with Crippen LogP contribution in [0.15, 0.2) is 6.20 Å². The Hall–Kier alpha value is -1.40. The lowest BCUT2D eigenvalue weighted by Gasteiger charge is -2.33. The molecule has 7 heteroatoms. The maximum atomic E-state index is 12.4. The van der Waals surface area contributed by atoms with Crippen LogP contribution in [0.5, 0.6) is 0 Å². The van der Waals surface area contributed by atoms with Crippen LogP contribution in [0.3, 0.4) is 0 Å². The highest BCUT2D eigenvalue weighted by Crippen LogP contribution is 2.20. The van der Waals surface area contributed by atoms with Crippen LogP contribution in [0.25, 0.3) is 0 Å². The number of rotatable bonds is 6. The molecule has 0 radical (unpaired) electrons. The lowest BCUT2D eigenvalue weighted by Crippen LogP contribution is -2.39. The maximum absolute atomic E-state index is 12.4. The monoisotopic (exact) mass is 365 g/mol. The minimum Gasteiger partial charge on any atom is -0.351 e. The van der Waals surface area contributed by atoms with Crippen LogP contribution >= 0.6 is 11.6 Å². The van der Waals surface area contributed by atoms with Crippen molar-refractivity contribution < 1.29 is 4.79 Å². The first kappa shape index (κ1) is 18.4. The number of likely N-dealkylation sites (tertiary alicyclic amines) is 1. The Labute approximate surface area is 155 Å². The highest BCUT2D eigenvalue weighted by molar-refractivity contribution is 6.33. The molecule has 138 valence electrons. The molecule has 25 heavy (non-hydrogen) atoms. The van der Waals surface area contributed by atoms with Crippen LogP contribution in [-0.4, -0.2) is 59.5 Å². The highest BCUT2D eigenvalue weighted by atomic mass is 35.5. The van der Waals surface area contributed by atoms with Crippen molar-refractivity contribution in [1.82, 2.24) is 20.2 Å². The molecule has 1 N–H and O–H groups in total. The van der Waals surface area contributed by atoms with E-state index in [2.05, 4.69) is 32.0 Å². The number of nitrogens with zero attached hydrogens (tertiary/aromatic N) is 4. The Morgan fingerprint density at radius 3 is 2.80 bits per heavy atom. The minimum absolute atomic E-state index is 0.209. The third-order valence-electron chi connectivity index (χ3n) is 5.18. The van der Waals surface area contributed by atoms with E-state index in [1.807, 2.05) is 0 Å². The maximum Gasteiger partial charge on any atom is 0.271 e. The summed E-state index contributed by atoms with van der Waals surface area (Å²) in [4.78, 5) is 25.7. The Morgan fingerprint density at radius 1 is 1.28 bits per heavy atom. The Balaban J connectivity index is 1.49. The van der Waals surface area contributed by atoms with Crippen LogP contribution in [0.1, 0.15) is 55.9 Å². The summed E-state index contributed by atoms with van der Waals surface area (Å²) in [5.74, 6) is 0.397. The summed E-state index contributed by atoms with van der Waals surface area (Å²) >= 11 is 6.14. The molecule has 0 saturated carbocycles. The summed E-state index contributed by atoms with van der Waals surface area (Å²) in [5, 5.41) is 3.26. The van der Waals surface area contributed by atoms with Gasteiger partial charge in [0.25, 0.3) is 5.91 Å². The first-order valence-corrected chi connectivity index (χ1v) is 9.82. The molecule has 6 nitrogen and oxygen atoms in total. The van der Waals surface area contributed by atoms with Crippen molar-refractivity contribution in [1.29, 1.82) is 0 Å². The van der Waals surface area contributed by atoms with E-state index in [0.29, 0.717) is 23.6 Å². The van der Waals surface area contributed by atoms with E-state index in [-0.39, 0.29) is 11.6 Å². The van der Waals surface area contributed by atoms with Crippen molar-refractivity contribution in [2.45, 2.75) is 51.5 Å². The molecule has 0 aromatic carbocycles. The number of carbonyl (C=O) groups is 1. The van der Waals surface area contributed by atoms with Crippen molar-refractivity contribution in [3.8, 4) is 0 Å². The molecule has 1 atom stereocenters. The summed E-state index contributed by atoms with van der Waals surface area (Å²) < 4.78 is 0. The molecular formula is C18H28ClN5O. The van der Waals surface area contributed by atoms with E-state index in [1.54, 1.807) is 0 Å². The quantitative estimate of drug-likeness (QED) is 0.785. The molecule has 1 aromatic heterocycles. The van der Waals surface area contributed by atoms with Crippen LogP contribution in [0.4, 0.5) is 5.95 Å². The zero-order valence-corrected chi connectivity index (χ0v) is 15.8. The number of anilines is 1. The summed E-state index contributed by atoms with van der Waals surface area (Å²) in [5.41, 5.74) is 0.282. The lowest BCUT2D eigenvalue weighted by atomic mass is 10.0. The van der Waals surface area contributed by atoms with E-state index in [4.69, 9.17) is 11.6 Å². The highest BCUT2D eigenvalue weighted by Gasteiger charge is 2.20. The van der Waals surface area contributed by atoms with Gasteiger partial charge in [0.2, 0.25) is 5.95 Å². The fourth-order valence-corrected chi connectivity index (χ4v) is 3.82. The van der Waals surface area contributed by atoms with E-state index in [9.17, 15) is 4.79 Å². The van der Waals surface area contributed by atoms with Crippen LogP contribution in [0, 0.1) is 0 Å². The normalized spacial score (nSPS) is 21.5. The van der Waals surface area contributed by atoms with E-state index < -0.39 is 0 Å². The van der Waals surface area contributed by atoms with E-state index in [1.165, 1.54) is 32.0 Å². The lowest BCUT2D eigenvalue weighted by molar-refractivity contribution is 0.0944. The van der Waals surface area contributed by atoms with Crippen molar-refractivity contribution in [2.24, 2.45) is 0 Å². The van der Waals surface area contributed by atoms with Gasteiger partial charge in [-0.2, -0.15) is 0 Å². The zero-order valence-electron chi connectivity index (χ0n) is 15.0. The first-order valence-electron chi connectivity index (χ1n) is 9.45. The standard InChI is InChI=1S/C18H28ClN5O/c1-14-7-2-3-9-23(14)12-6-8-20-17(25)16-15(19)13-21-18(22-16)24-10-4-5-11-24/h13-14H,2-12H2,1H3,(H,20,25). The van der Waals surface area contributed by atoms with Crippen molar-refractivity contribution in [3.63, 3.8) is 0 Å². The van der Waals surface area contributed by atoms with Gasteiger partial charge < -0.3 is 15.1 Å². The number of carbonyl (C=O) groups excluding carboxylic acids is 1. The minimum atomic E-state index is -0.209. The van der Waals surface area contributed by atoms with Gasteiger partial charge in [0.05, 0.1) is 11.2 Å². The van der Waals surface area contributed by atoms with Crippen molar-refractivity contribution in [3.05, 3.63) is 16.9 Å². The smallest absolute Gasteiger partial charge is 0.271 e. The predicted molar refractivity (Wildman–Crippen MR) is 100 cm³/mol. The van der Waals surface area contributed by atoms with Crippen molar-refractivity contribution in [2.75, 3.05) is 37.6 Å². The van der Waals surface area contributed by atoms with Crippen LogP contribution in [0.2, 0.25) is 5.02 Å². The van der Waals surface area contributed by atoms with Gasteiger partial charge in [-0.15, -0.1) is 0 Å². The Kier molecular flexibility index (Phi) is 6.48. The molecule has 0 bridgehead atoms. The fourth-order valence-electron chi connectivity index (χ4n) is 3.64. The second-order valence-electron chi connectivity index (χ2n) is 7.05. The molecule has 2 saturated heterocycles. The fraction of sp³-hybridized carbons (Fsp3) is 0.722. The first-order chi connectivity index (χ1) is 12.1. The molecule has 0 aliphatic carbocycles. The third kappa shape index (κ3) is 4.82. The second-order valence-corrected chi connectivity index (χ2v) is 7.46. The number of piperidine rings is 1. The van der Waals surface area contributed by atoms with E-state index in [0.717, 1.165) is 38.9 Å². The number of hydrogen-bond acceptors (Lipinski definition) is 5. The number of aromatic nitrogens is 2. The number of amides is 1. The van der Waals surface area contributed by atoms with Gasteiger partial charge in [-0.05, 0) is 45.6 Å². The van der Waals surface area contributed by atoms with Gasteiger partial charge in [-0.3, -0.25) is 4.79 Å². The molecule has 1 aromatic rings. The summed E-state index contributed by atoms with van der Waals surface area (Å²) in [6.45, 7) is 7.01. The molecule has 2 fully saturated rings. The summed E-state index contributed by atoms with van der Waals surface area (Å²) in [6.07, 6.45) is 8.66. The largest absolute Gasteiger partial charge is 0.351 e. The van der Waals surface area contributed by atoms with Gasteiger partial charge >= 0.3 is 0 Å². The Morgan fingerprint density at radius 2 is 2.04 bits per heavy atom. The SMILES string of the molecule is CC1CCCCN1CCCNC(=O)c1nc(N2CCCC2)ncc1Cl. The number of nitrogens with one attached hydrogen (secondary N) is 1. The average molecular weight is 366 g/mol.